The summed E-state index contributed by atoms with van der Waals surface area (Å²) in [5.41, 5.74) is 2.26. The molecule has 1 aromatic carbocycles. The summed E-state index contributed by atoms with van der Waals surface area (Å²) in [6, 6.07) is 4.24. The zero-order valence-electron chi connectivity index (χ0n) is 16.1. The van der Waals surface area contributed by atoms with Crippen LogP contribution in [0.3, 0.4) is 0 Å². The number of unbranched alkanes of at least 4 members (excludes halogenated alkanes) is 2. The lowest BCUT2D eigenvalue weighted by Gasteiger charge is -2.32. The van der Waals surface area contributed by atoms with Gasteiger partial charge in [0.15, 0.2) is 0 Å². The number of carbonyl (C=O) groups excluding carboxylic acids is 1. The third kappa shape index (κ3) is 4.68. The average Bonchev–Trinajstić information content (AvgIpc) is 2.66. The van der Waals surface area contributed by atoms with Crippen LogP contribution in [0.15, 0.2) is 12.1 Å². The van der Waals surface area contributed by atoms with Gasteiger partial charge in [-0.1, -0.05) is 32.6 Å². The lowest BCUT2D eigenvalue weighted by molar-refractivity contribution is -0.147. The maximum atomic E-state index is 12.3. The minimum Gasteiger partial charge on any atom is -0.496 e. The van der Waals surface area contributed by atoms with E-state index >= 15 is 0 Å². The van der Waals surface area contributed by atoms with Gasteiger partial charge in [0, 0.05) is 11.5 Å². The Balaban J connectivity index is 2.38. The van der Waals surface area contributed by atoms with E-state index in [1.165, 1.54) is 25.5 Å². The Morgan fingerprint density at radius 3 is 2.24 bits per heavy atom. The topological polar surface area (TPSA) is 44.8 Å². The number of benzene rings is 1. The fourth-order valence-electron chi connectivity index (χ4n) is 3.99. The zero-order valence-corrected chi connectivity index (χ0v) is 16.1. The van der Waals surface area contributed by atoms with Crippen molar-refractivity contribution in [2.75, 3.05) is 21.3 Å². The van der Waals surface area contributed by atoms with Crippen LogP contribution in [0.2, 0.25) is 0 Å². The monoisotopic (exact) mass is 348 g/mol. The van der Waals surface area contributed by atoms with Crippen LogP contribution >= 0.6 is 0 Å². The van der Waals surface area contributed by atoms with Gasteiger partial charge in [-0.25, -0.2) is 0 Å². The van der Waals surface area contributed by atoms with Gasteiger partial charge in [-0.2, -0.15) is 0 Å². The van der Waals surface area contributed by atoms with E-state index in [1.54, 1.807) is 14.2 Å². The van der Waals surface area contributed by atoms with Gasteiger partial charge in [-0.3, -0.25) is 4.79 Å². The largest absolute Gasteiger partial charge is 0.496 e. The first kappa shape index (κ1) is 19.6. The van der Waals surface area contributed by atoms with Crippen molar-refractivity contribution in [3.05, 3.63) is 23.3 Å². The molecular formula is C21H32O4. The number of esters is 1. The second kappa shape index (κ2) is 9.69. The molecule has 1 aliphatic rings. The van der Waals surface area contributed by atoms with E-state index in [2.05, 4.69) is 19.1 Å². The first-order valence-electron chi connectivity index (χ1n) is 9.48. The summed E-state index contributed by atoms with van der Waals surface area (Å²) in [5.74, 6) is 1.53. The maximum Gasteiger partial charge on any atom is 0.309 e. The third-order valence-corrected chi connectivity index (χ3v) is 5.31. The van der Waals surface area contributed by atoms with Crippen LogP contribution in [0.4, 0.5) is 0 Å². The Bertz CT molecular complexity index is 542. The molecule has 4 heteroatoms. The number of rotatable bonds is 8. The first-order chi connectivity index (χ1) is 12.2. The third-order valence-electron chi connectivity index (χ3n) is 5.31. The Morgan fingerprint density at radius 1 is 1.04 bits per heavy atom. The van der Waals surface area contributed by atoms with Crippen molar-refractivity contribution < 1.29 is 19.0 Å². The highest BCUT2D eigenvalue weighted by Gasteiger charge is 2.36. The molecule has 0 saturated heterocycles. The summed E-state index contributed by atoms with van der Waals surface area (Å²) >= 11 is 0. The summed E-state index contributed by atoms with van der Waals surface area (Å²) in [4.78, 5) is 12.3. The Morgan fingerprint density at radius 2 is 1.68 bits per heavy atom. The van der Waals surface area contributed by atoms with Crippen LogP contribution in [0.1, 0.15) is 68.9 Å². The fraction of sp³-hybridized carbons (Fsp3) is 0.667. The highest BCUT2D eigenvalue weighted by atomic mass is 16.5. The molecule has 2 rings (SSSR count). The number of carbonyl (C=O) groups is 1. The summed E-state index contributed by atoms with van der Waals surface area (Å²) < 4.78 is 16.5. The highest BCUT2D eigenvalue weighted by molar-refractivity contribution is 5.74. The first-order valence-corrected chi connectivity index (χ1v) is 9.48. The summed E-state index contributed by atoms with van der Waals surface area (Å²) in [6.07, 6.45) is 8.61. The van der Waals surface area contributed by atoms with E-state index in [0.29, 0.717) is 0 Å². The van der Waals surface area contributed by atoms with E-state index in [1.807, 2.05) is 0 Å². The summed E-state index contributed by atoms with van der Waals surface area (Å²) in [6.45, 7) is 2.21. The lowest BCUT2D eigenvalue weighted by atomic mass is 9.74. The molecule has 0 radical (unpaired) electrons. The Labute approximate surface area is 151 Å². The molecule has 2 atom stereocenters. The normalized spacial score (nSPS) is 20.2. The smallest absolute Gasteiger partial charge is 0.309 e. The molecule has 0 N–H and O–H groups in total. The SMILES string of the molecule is CCCCCc1cc(OC)c([C@H]2CCCC[C@@H]2C(=O)OC)c(OC)c1. The molecule has 1 aromatic rings. The van der Waals surface area contributed by atoms with E-state index in [-0.39, 0.29) is 17.8 Å². The molecule has 1 aliphatic carbocycles. The number of aryl methyl sites for hydroxylation is 1. The van der Waals surface area contributed by atoms with Crippen LogP contribution < -0.4 is 9.47 Å². The molecular weight excluding hydrogens is 316 g/mol. The molecule has 0 aromatic heterocycles. The molecule has 0 amide bonds. The van der Waals surface area contributed by atoms with Gasteiger partial charge < -0.3 is 14.2 Å². The number of hydrogen-bond donors (Lipinski definition) is 0. The molecule has 0 bridgehead atoms. The van der Waals surface area contributed by atoms with E-state index in [9.17, 15) is 4.79 Å². The molecule has 0 aliphatic heterocycles. The van der Waals surface area contributed by atoms with Crippen molar-refractivity contribution in [2.45, 2.75) is 64.2 Å². The van der Waals surface area contributed by atoms with Crippen molar-refractivity contribution in [2.24, 2.45) is 5.92 Å². The van der Waals surface area contributed by atoms with Crippen LogP contribution in [-0.2, 0) is 16.0 Å². The molecule has 0 spiro atoms. The van der Waals surface area contributed by atoms with Gasteiger partial charge in [0.2, 0.25) is 0 Å². The number of hydrogen-bond acceptors (Lipinski definition) is 4. The quantitative estimate of drug-likeness (QED) is 0.496. The second-order valence-corrected chi connectivity index (χ2v) is 6.89. The molecule has 140 valence electrons. The van der Waals surface area contributed by atoms with Gasteiger partial charge in [-0.15, -0.1) is 0 Å². The minimum atomic E-state index is -0.124. The summed E-state index contributed by atoms with van der Waals surface area (Å²) in [5, 5.41) is 0. The number of ether oxygens (including phenoxy) is 3. The predicted molar refractivity (Wildman–Crippen MR) is 99.5 cm³/mol. The zero-order chi connectivity index (χ0) is 18.2. The minimum absolute atomic E-state index is 0.0933. The predicted octanol–water partition coefficient (Wildman–Crippen LogP) is 4.88. The van der Waals surface area contributed by atoms with Crippen molar-refractivity contribution >= 4 is 5.97 Å². The van der Waals surface area contributed by atoms with E-state index in [4.69, 9.17) is 14.2 Å². The van der Waals surface area contributed by atoms with Gasteiger partial charge in [0.1, 0.15) is 11.5 Å². The lowest BCUT2D eigenvalue weighted by Crippen LogP contribution is -2.27. The van der Waals surface area contributed by atoms with Crippen LogP contribution in [-0.4, -0.2) is 27.3 Å². The Hall–Kier alpha value is -1.71. The maximum absolute atomic E-state index is 12.3. The van der Waals surface area contributed by atoms with E-state index in [0.717, 1.165) is 55.6 Å². The van der Waals surface area contributed by atoms with E-state index < -0.39 is 0 Å². The molecule has 0 unspecified atom stereocenters. The van der Waals surface area contributed by atoms with Crippen LogP contribution in [0.25, 0.3) is 0 Å². The Kier molecular flexibility index (Phi) is 7.60. The summed E-state index contributed by atoms with van der Waals surface area (Å²) in [7, 11) is 4.87. The van der Waals surface area contributed by atoms with Crippen LogP contribution in [0, 0.1) is 5.92 Å². The number of methoxy groups -OCH3 is 3. The van der Waals surface area contributed by atoms with Gasteiger partial charge in [-0.05, 0) is 43.4 Å². The van der Waals surface area contributed by atoms with Gasteiger partial charge in [0.25, 0.3) is 0 Å². The molecule has 4 nitrogen and oxygen atoms in total. The highest BCUT2D eigenvalue weighted by Crippen LogP contribution is 2.46. The van der Waals surface area contributed by atoms with Gasteiger partial charge >= 0.3 is 5.97 Å². The second-order valence-electron chi connectivity index (χ2n) is 6.89. The van der Waals surface area contributed by atoms with Crippen LogP contribution in [0.5, 0.6) is 11.5 Å². The van der Waals surface area contributed by atoms with Gasteiger partial charge in [0.05, 0.1) is 27.2 Å². The molecule has 25 heavy (non-hydrogen) atoms. The van der Waals surface area contributed by atoms with Crippen molar-refractivity contribution in [1.82, 2.24) is 0 Å². The fourth-order valence-corrected chi connectivity index (χ4v) is 3.99. The molecule has 1 saturated carbocycles. The average molecular weight is 348 g/mol. The molecule has 0 heterocycles. The molecule has 1 fully saturated rings. The standard InChI is InChI=1S/C21H32O4/c1-5-6-7-10-15-13-18(23-2)20(19(14-15)24-3)16-11-8-9-12-17(16)21(22)25-4/h13-14,16-17H,5-12H2,1-4H3/t16-,17-/m0/s1. The van der Waals surface area contributed by atoms with Crippen molar-refractivity contribution in [1.29, 1.82) is 0 Å². The van der Waals surface area contributed by atoms with Crippen molar-refractivity contribution in [3.8, 4) is 11.5 Å². The van der Waals surface area contributed by atoms with Crippen molar-refractivity contribution in [3.63, 3.8) is 0 Å².